The number of fused-ring (bicyclic) bond motifs is 1. The van der Waals surface area contributed by atoms with Crippen LogP contribution in [0, 0.1) is 0 Å². The highest BCUT2D eigenvalue weighted by Gasteiger charge is 2.28. The van der Waals surface area contributed by atoms with Crippen molar-refractivity contribution in [2.75, 3.05) is 81.2 Å². The van der Waals surface area contributed by atoms with E-state index in [1.807, 2.05) is 11.3 Å². The molecule has 39 heavy (non-hydrogen) atoms. The molecule has 0 aliphatic carbocycles. The molecule has 0 spiro atoms. The third kappa shape index (κ3) is 8.84. The van der Waals surface area contributed by atoms with E-state index in [2.05, 4.69) is 82.7 Å². The van der Waals surface area contributed by atoms with Crippen LogP contribution in [0.2, 0.25) is 0 Å². The highest BCUT2D eigenvalue weighted by Crippen LogP contribution is 2.53. The number of hydrogen-bond acceptors (Lipinski definition) is 7. The number of thiophene rings is 1. The Morgan fingerprint density at radius 3 is 1.92 bits per heavy atom. The van der Waals surface area contributed by atoms with E-state index in [1.165, 1.54) is 39.3 Å². The van der Waals surface area contributed by atoms with Gasteiger partial charge in [-0.25, -0.2) is 0 Å². The molecule has 0 N–H and O–H groups in total. The maximum atomic E-state index is 6.24. The standard InChI is InChI=1S/C32H53N3O3S/c1-23(2)26-21-25(13-10-16-35(17-11-14-33(5)6)18-12-15-34(7)8)27(22-28(26)36-9)32-30-29(37-19-20-38-30)31(39-32)24(3)4/h21-24H,10-20H2,1-9H3. The van der Waals surface area contributed by atoms with Crippen LogP contribution in [0.25, 0.3) is 10.4 Å². The fraction of sp³-hybridized carbons (Fsp3) is 0.688. The Morgan fingerprint density at radius 1 is 0.795 bits per heavy atom. The van der Waals surface area contributed by atoms with Crippen LogP contribution in [-0.2, 0) is 6.42 Å². The smallest absolute Gasteiger partial charge is 0.180 e. The summed E-state index contributed by atoms with van der Waals surface area (Å²) in [6.07, 6.45) is 4.57. The van der Waals surface area contributed by atoms with E-state index in [0.717, 1.165) is 62.8 Å². The quantitative estimate of drug-likeness (QED) is 0.231. The number of rotatable bonds is 16. The van der Waals surface area contributed by atoms with Crippen LogP contribution in [0.5, 0.6) is 17.2 Å². The average Bonchev–Trinajstić information content (AvgIpc) is 3.27. The van der Waals surface area contributed by atoms with Gasteiger partial charge in [-0.1, -0.05) is 33.8 Å². The van der Waals surface area contributed by atoms with Gasteiger partial charge in [0.2, 0.25) is 0 Å². The number of aryl methyl sites for hydroxylation is 1. The van der Waals surface area contributed by atoms with E-state index in [-0.39, 0.29) is 0 Å². The number of ether oxygens (including phenoxy) is 3. The van der Waals surface area contributed by atoms with Gasteiger partial charge in [0.1, 0.15) is 19.0 Å². The lowest BCUT2D eigenvalue weighted by Gasteiger charge is -2.24. The van der Waals surface area contributed by atoms with Gasteiger partial charge in [-0.15, -0.1) is 11.3 Å². The first kappa shape index (κ1) is 31.7. The molecule has 0 radical (unpaired) electrons. The van der Waals surface area contributed by atoms with Gasteiger partial charge < -0.3 is 28.9 Å². The molecule has 0 bridgehead atoms. The molecule has 0 fully saturated rings. The van der Waals surface area contributed by atoms with Gasteiger partial charge in [0.05, 0.1) is 16.9 Å². The van der Waals surface area contributed by atoms with Gasteiger partial charge in [0.25, 0.3) is 0 Å². The molecular weight excluding hydrogens is 506 g/mol. The van der Waals surface area contributed by atoms with Crippen LogP contribution in [0.15, 0.2) is 12.1 Å². The Labute approximate surface area is 242 Å². The van der Waals surface area contributed by atoms with Crippen LogP contribution in [0.1, 0.15) is 74.8 Å². The summed E-state index contributed by atoms with van der Waals surface area (Å²) in [5.41, 5.74) is 3.90. The van der Waals surface area contributed by atoms with Crippen molar-refractivity contribution in [1.82, 2.24) is 14.7 Å². The monoisotopic (exact) mass is 559 g/mol. The fourth-order valence-corrected chi connectivity index (χ4v) is 6.51. The maximum Gasteiger partial charge on any atom is 0.180 e. The summed E-state index contributed by atoms with van der Waals surface area (Å²) < 4.78 is 18.3. The maximum absolute atomic E-state index is 6.24. The second kappa shape index (κ2) is 15.3. The summed E-state index contributed by atoms with van der Waals surface area (Å²) in [4.78, 5) is 9.69. The zero-order valence-corrected chi connectivity index (χ0v) is 26.9. The van der Waals surface area contributed by atoms with Gasteiger partial charge in [0.15, 0.2) is 11.5 Å². The molecule has 2 heterocycles. The second-order valence-corrected chi connectivity index (χ2v) is 13.0. The van der Waals surface area contributed by atoms with Crippen molar-refractivity contribution in [3.8, 4) is 27.7 Å². The van der Waals surface area contributed by atoms with Gasteiger partial charge in [-0.2, -0.15) is 0 Å². The number of hydrogen-bond donors (Lipinski definition) is 0. The fourth-order valence-electron chi connectivity index (χ4n) is 5.27. The van der Waals surface area contributed by atoms with Crippen molar-refractivity contribution in [3.05, 3.63) is 28.1 Å². The predicted octanol–water partition coefficient (Wildman–Crippen LogP) is 6.58. The van der Waals surface area contributed by atoms with Crippen LogP contribution in [-0.4, -0.2) is 95.9 Å². The minimum atomic E-state index is 0.386. The first-order valence-corrected chi connectivity index (χ1v) is 15.6. The molecule has 7 heteroatoms. The van der Waals surface area contributed by atoms with Crippen molar-refractivity contribution in [2.24, 2.45) is 0 Å². The van der Waals surface area contributed by atoms with Crippen molar-refractivity contribution in [2.45, 2.75) is 65.2 Å². The second-order valence-electron chi connectivity index (χ2n) is 12.0. The molecule has 1 aliphatic rings. The molecule has 1 aromatic carbocycles. The normalized spacial score (nSPS) is 13.5. The summed E-state index contributed by atoms with van der Waals surface area (Å²) in [7, 11) is 10.4. The van der Waals surface area contributed by atoms with Crippen LogP contribution in [0.4, 0.5) is 0 Å². The van der Waals surface area contributed by atoms with Crippen molar-refractivity contribution in [1.29, 1.82) is 0 Å². The zero-order chi connectivity index (χ0) is 28.5. The van der Waals surface area contributed by atoms with Crippen molar-refractivity contribution in [3.63, 3.8) is 0 Å². The molecule has 2 aromatic rings. The minimum Gasteiger partial charge on any atom is -0.496 e. The Morgan fingerprint density at radius 2 is 1.38 bits per heavy atom. The highest BCUT2D eigenvalue weighted by atomic mass is 32.1. The Kier molecular flexibility index (Phi) is 12.4. The van der Waals surface area contributed by atoms with E-state index in [0.29, 0.717) is 25.0 Å². The summed E-state index contributed by atoms with van der Waals surface area (Å²) >= 11 is 1.83. The van der Waals surface area contributed by atoms with Gasteiger partial charge in [0, 0.05) is 5.56 Å². The Bertz CT molecular complexity index is 1020. The summed E-state index contributed by atoms with van der Waals surface area (Å²) in [5.74, 6) is 3.61. The van der Waals surface area contributed by atoms with E-state index >= 15 is 0 Å². The van der Waals surface area contributed by atoms with E-state index in [1.54, 1.807) is 7.11 Å². The molecule has 0 atom stereocenters. The third-order valence-electron chi connectivity index (χ3n) is 7.35. The molecule has 0 unspecified atom stereocenters. The van der Waals surface area contributed by atoms with Crippen molar-refractivity contribution < 1.29 is 14.2 Å². The van der Waals surface area contributed by atoms with Crippen molar-refractivity contribution >= 4 is 11.3 Å². The van der Waals surface area contributed by atoms with Gasteiger partial charge >= 0.3 is 0 Å². The zero-order valence-electron chi connectivity index (χ0n) is 26.1. The summed E-state index contributed by atoms with van der Waals surface area (Å²) in [6.45, 7) is 15.9. The Balaban J connectivity index is 1.88. The summed E-state index contributed by atoms with van der Waals surface area (Å²) in [6, 6.07) is 4.65. The highest BCUT2D eigenvalue weighted by molar-refractivity contribution is 7.16. The Hall–Kier alpha value is -1.80. The number of methoxy groups -OCH3 is 1. The van der Waals surface area contributed by atoms with Gasteiger partial charge in [-0.05, 0) is 116 Å². The first-order valence-electron chi connectivity index (χ1n) is 14.8. The third-order valence-corrected chi connectivity index (χ3v) is 8.84. The molecule has 0 amide bonds. The predicted molar refractivity (Wildman–Crippen MR) is 167 cm³/mol. The van der Waals surface area contributed by atoms with E-state index < -0.39 is 0 Å². The van der Waals surface area contributed by atoms with E-state index in [4.69, 9.17) is 14.2 Å². The van der Waals surface area contributed by atoms with Crippen LogP contribution in [0.3, 0.4) is 0 Å². The molecule has 1 aliphatic heterocycles. The SMILES string of the molecule is COc1cc(-c2sc(C(C)C)c3c2OCCO3)c(CCCN(CCCN(C)C)CCCN(C)C)cc1C(C)C. The minimum absolute atomic E-state index is 0.386. The van der Waals surface area contributed by atoms with Crippen LogP contribution < -0.4 is 14.2 Å². The molecule has 6 nitrogen and oxygen atoms in total. The summed E-state index contributed by atoms with van der Waals surface area (Å²) in [5, 5.41) is 0. The average molecular weight is 560 g/mol. The molecule has 0 saturated carbocycles. The molecule has 3 rings (SSSR count). The largest absolute Gasteiger partial charge is 0.496 e. The molecule has 1 aromatic heterocycles. The molecule has 0 saturated heterocycles. The van der Waals surface area contributed by atoms with E-state index in [9.17, 15) is 0 Å². The first-order chi connectivity index (χ1) is 18.6. The lowest BCUT2D eigenvalue weighted by molar-refractivity contribution is 0.172. The topological polar surface area (TPSA) is 37.4 Å². The number of nitrogens with zero attached hydrogens (tertiary/aromatic N) is 3. The molecule has 220 valence electrons. The number of benzene rings is 1. The molecular formula is C32H53N3O3S. The lowest BCUT2D eigenvalue weighted by Crippen LogP contribution is -2.31. The van der Waals surface area contributed by atoms with Crippen LogP contribution >= 0.6 is 11.3 Å². The lowest BCUT2D eigenvalue weighted by atomic mass is 9.92. The van der Waals surface area contributed by atoms with Gasteiger partial charge in [-0.3, -0.25) is 0 Å².